The molecule has 0 saturated heterocycles. The number of anilines is 1. The molecule has 3 N–H and O–H groups in total. The van der Waals surface area contributed by atoms with E-state index in [4.69, 9.17) is 29.6 Å². The van der Waals surface area contributed by atoms with Gasteiger partial charge in [0.05, 0.1) is 9.72 Å². The second kappa shape index (κ2) is 3.68. The Labute approximate surface area is 94.9 Å². The number of thiocarbonyl (C=S) groups is 1. The number of fused-ring (bicyclic) bond motifs is 1. The average Bonchev–Trinajstić information content (AvgIpc) is 2.47. The van der Waals surface area contributed by atoms with Crippen molar-refractivity contribution in [3.63, 3.8) is 0 Å². The molecule has 0 unspecified atom stereocenters. The van der Waals surface area contributed by atoms with E-state index in [0.717, 1.165) is 10.2 Å². The first-order valence-electron chi connectivity index (χ1n) is 3.78. The minimum absolute atomic E-state index is 0.208. The summed E-state index contributed by atoms with van der Waals surface area (Å²) in [6.45, 7) is 0. The van der Waals surface area contributed by atoms with Crippen LogP contribution in [-0.4, -0.2) is 10.1 Å². The zero-order valence-electron chi connectivity index (χ0n) is 6.95. The molecule has 1 aromatic heterocycles. The Morgan fingerprint density at radius 2 is 2.36 bits per heavy atom. The van der Waals surface area contributed by atoms with Gasteiger partial charge in [0.1, 0.15) is 5.52 Å². The largest absolute Gasteiger partial charge is 0.376 e. The molecule has 0 spiro atoms. The number of rotatable bonds is 1. The van der Waals surface area contributed by atoms with Gasteiger partial charge in [0.25, 0.3) is 0 Å². The monoisotopic (exact) mass is 243 g/mol. The highest BCUT2D eigenvalue weighted by molar-refractivity contribution is 7.80. The van der Waals surface area contributed by atoms with Gasteiger partial charge in [-0.25, -0.2) is 4.98 Å². The summed E-state index contributed by atoms with van der Waals surface area (Å²) in [4.78, 5) is 4.26. The summed E-state index contributed by atoms with van der Waals surface area (Å²) in [5.41, 5.74) is 6.11. The van der Waals surface area contributed by atoms with Crippen molar-refractivity contribution in [2.45, 2.75) is 0 Å². The number of benzene rings is 1. The molecule has 0 fully saturated rings. The van der Waals surface area contributed by atoms with Gasteiger partial charge < -0.3 is 11.1 Å². The van der Waals surface area contributed by atoms with E-state index in [9.17, 15) is 0 Å². The molecule has 72 valence electrons. The number of para-hydroxylation sites is 1. The van der Waals surface area contributed by atoms with E-state index >= 15 is 0 Å². The van der Waals surface area contributed by atoms with Crippen LogP contribution >= 0.6 is 35.2 Å². The lowest BCUT2D eigenvalue weighted by molar-refractivity contribution is 1.47. The van der Waals surface area contributed by atoms with Gasteiger partial charge in [-0.15, -0.1) is 0 Å². The van der Waals surface area contributed by atoms with E-state index in [0.29, 0.717) is 10.2 Å². The zero-order valence-corrected chi connectivity index (χ0v) is 9.34. The van der Waals surface area contributed by atoms with Gasteiger partial charge in [-0.3, -0.25) is 0 Å². The molecule has 0 amide bonds. The summed E-state index contributed by atoms with van der Waals surface area (Å²) >= 11 is 12.1. The number of hydrogen-bond acceptors (Lipinski definition) is 3. The van der Waals surface area contributed by atoms with Crippen molar-refractivity contribution < 1.29 is 0 Å². The van der Waals surface area contributed by atoms with Crippen molar-refractivity contribution in [2.75, 3.05) is 5.32 Å². The van der Waals surface area contributed by atoms with Crippen molar-refractivity contribution in [3.8, 4) is 0 Å². The van der Waals surface area contributed by atoms with E-state index in [1.165, 1.54) is 11.3 Å². The molecule has 0 saturated carbocycles. The van der Waals surface area contributed by atoms with Gasteiger partial charge in [-0.1, -0.05) is 29.0 Å². The molecular weight excluding hydrogens is 238 g/mol. The number of thiazole rings is 1. The minimum atomic E-state index is 0.208. The number of nitrogens with zero attached hydrogens (tertiary/aromatic N) is 1. The van der Waals surface area contributed by atoms with Gasteiger partial charge in [-0.05, 0) is 24.4 Å². The molecule has 0 bridgehead atoms. The highest BCUT2D eigenvalue weighted by Gasteiger charge is 2.06. The molecule has 6 heteroatoms. The molecule has 0 aliphatic rings. The summed E-state index contributed by atoms with van der Waals surface area (Å²) in [5, 5.41) is 4.29. The molecule has 1 aromatic carbocycles. The smallest absolute Gasteiger partial charge is 0.190 e. The fraction of sp³-hybridized carbons (Fsp3) is 0. The molecule has 1 heterocycles. The number of hydrogen-bond donors (Lipinski definition) is 2. The fourth-order valence-corrected chi connectivity index (χ4v) is 2.41. The number of aromatic nitrogens is 1. The first-order chi connectivity index (χ1) is 6.66. The Hall–Kier alpha value is -0.910. The summed E-state index contributed by atoms with van der Waals surface area (Å²) in [5.74, 6) is 0. The maximum Gasteiger partial charge on any atom is 0.190 e. The van der Waals surface area contributed by atoms with Crippen LogP contribution in [0.25, 0.3) is 10.2 Å². The maximum atomic E-state index is 5.96. The molecule has 0 atom stereocenters. The lowest BCUT2D eigenvalue weighted by Gasteiger charge is -1.94. The second-order valence-electron chi connectivity index (χ2n) is 2.59. The van der Waals surface area contributed by atoms with Crippen molar-refractivity contribution in [1.82, 2.24) is 4.98 Å². The van der Waals surface area contributed by atoms with E-state index < -0.39 is 0 Å². The standard InChI is InChI=1S/C8H6ClN3S2/c9-4-2-1-3-5-6(4)11-8(14-5)12-7(10)13/h1-3H,(H3,10,11,12,13). The van der Waals surface area contributed by atoms with E-state index in [1.54, 1.807) is 6.07 Å². The SMILES string of the molecule is NC(=S)Nc1nc2c(Cl)cccc2s1. The van der Waals surface area contributed by atoms with Crippen LogP contribution in [0.4, 0.5) is 5.13 Å². The van der Waals surface area contributed by atoms with Gasteiger partial charge >= 0.3 is 0 Å². The Balaban J connectivity index is 2.51. The van der Waals surface area contributed by atoms with E-state index in [2.05, 4.69) is 10.3 Å². The first-order valence-corrected chi connectivity index (χ1v) is 5.38. The molecule has 14 heavy (non-hydrogen) atoms. The topological polar surface area (TPSA) is 50.9 Å². The molecule has 3 nitrogen and oxygen atoms in total. The van der Waals surface area contributed by atoms with Gasteiger partial charge in [-0.2, -0.15) is 0 Å². The van der Waals surface area contributed by atoms with Crippen molar-refractivity contribution >= 4 is 55.6 Å². The predicted molar refractivity (Wildman–Crippen MR) is 65.0 cm³/mol. The Morgan fingerprint density at radius 1 is 1.57 bits per heavy atom. The first kappa shape index (κ1) is 9.64. The third-order valence-electron chi connectivity index (χ3n) is 1.60. The average molecular weight is 244 g/mol. The third-order valence-corrected chi connectivity index (χ3v) is 2.94. The molecule has 2 aromatic rings. The molecule has 0 aliphatic carbocycles. The van der Waals surface area contributed by atoms with E-state index in [1.807, 2.05) is 12.1 Å². The van der Waals surface area contributed by atoms with Gasteiger partial charge in [0, 0.05) is 0 Å². The third kappa shape index (κ3) is 1.79. The van der Waals surface area contributed by atoms with Gasteiger partial charge in [0.15, 0.2) is 10.2 Å². The maximum absolute atomic E-state index is 5.96. The summed E-state index contributed by atoms with van der Waals surface area (Å²) in [6.07, 6.45) is 0. The van der Waals surface area contributed by atoms with Crippen LogP contribution in [0.1, 0.15) is 0 Å². The van der Waals surface area contributed by atoms with Crippen LogP contribution < -0.4 is 11.1 Å². The quantitative estimate of drug-likeness (QED) is 0.756. The summed E-state index contributed by atoms with van der Waals surface area (Å²) in [6, 6.07) is 5.63. The number of nitrogens with one attached hydrogen (secondary N) is 1. The molecule has 0 aliphatic heterocycles. The normalized spacial score (nSPS) is 10.4. The highest BCUT2D eigenvalue weighted by Crippen LogP contribution is 2.30. The van der Waals surface area contributed by atoms with Crippen LogP contribution in [0.5, 0.6) is 0 Å². The molecular formula is C8H6ClN3S2. The van der Waals surface area contributed by atoms with Crippen LogP contribution in [0.3, 0.4) is 0 Å². The van der Waals surface area contributed by atoms with Crippen molar-refractivity contribution in [1.29, 1.82) is 0 Å². The van der Waals surface area contributed by atoms with Crippen LogP contribution in [0, 0.1) is 0 Å². The number of nitrogens with two attached hydrogens (primary N) is 1. The summed E-state index contributed by atoms with van der Waals surface area (Å²) in [7, 11) is 0. The minimum Gasteiger partial charge on any atom is -0.376 e. The van der Waals surface area contributed by atoms with Crippen LogP contribution in [0.2, 0.25) is 5.02 Å². The molecule has 2 rings (SSSR count). The van der Waals surface area contributed by atoms with Crippen LogP contribution in [0.15, 0.2) is 18.2 Å². The Kier molecular flexibility index (Phi) is 2.54. The van der Waals surface area contributed by atoms with Crippen molar-refractivity contribution in [3.05, 3.63) is 23.2 Å². The zero-order chi connectivity index (χ0) is 10.1. The lowest BCUT2D eigenvalue weighted by Crippen LogP contribution is -2.18. The highest BCUT2D eigenvalue weighted by atomic mass is 35.5. The van der Waals surface area contributed by atoms with Crippen LogP contribution in [-0.2, 0) is 0 Å². The van der Waals surface area contributed by atoms with Gasteiger partial charge in [0.2, 0.25) is 0 Å². The predicted octanol–water partition coefficient (Wildman–Crippen LogP) is 2.61. The lowest BCUT2D eigenvalue weighted by atomic mass is 10.3. The fourth-order valence-electron chi connectivity index (χ4n) is 1.07. The second-order valence-corrected chi connectivity index (χ2v) is 4.47. The Morgan fingerprint density at radius 3 is 3.00 bits per heavy atom. The summed E-state index contributed by atoms with van der Waals surface area (Å²) < 4.78 is 1.01. The van der Waals surface area contributed by atoms with E-state index in [-0.39, 0.29) is 5.11 Å². The molecule has 0 radical (unpaired) electrons. The van der Waals surface area contributed by atoms with Crippen molar-refractivity contribution in [2.24, 2.45) is 5.73 Å². The Bertz CT molecular complexity index is 494. The number of halogens is 1.